The second-order valence-electron chi connectivity index (χ2n) is 7.10. The molecule has 1 aliphatic heterocycles. The average Bonchev–Trinajstić information content (AvgIpc) is 3.32. The minimum Gasteiger partial charge on any atom is -0.493 e. The molecule has 4 heterocycles. The van der Waals surface area contributed by atoms with Crippen molar-refractivity contribution < 1.29 is 9.53 Å². The fourth-order valence-electron chi connectivity index (χ4n) is 3.68. The first-order valence-electron chi connectivity index (χ1n) is 9.48. The van der Waals surface area contributed by atoms with E-state index in [-0.39, 0.29) is 11.9 Å². The molecule has 146 valence electrons. The van der Waals surface area contributed by atoms with Crippen molar-refractivity contribution >= 4 is 11.6 Å². The topological polar surface area (TPSA) is 86.3 Å². The van der Waals surface area contributed by atoms with Crippen molar-refractivity contribution in [3.05, 3.63) is 65.7 Å². The van der Waals surface area contributed by atoms with Crippen LogP contribution in [0, 0.1) is 6.92 Å². The van der Waals surface area contributed by atoms with Crippen LogP contribution in [-0.4, -0.2) is 36.9 Å². The van der Waals surface area contributed by atoms with E-state index in [1.54, 1.807) is 27.7 Å². The van der Waals surface area contributed by atoms with Crippen molar-refractivity contribution in [1.82, 2.24) is 29.7 Å². The maximum absolute atomic E-state index is 12.9. The zero-order valence-corrected chi connectivity index (χ0v) is 16.2. The second-order valence-corrected chi connectivity index (χ2v) is 7.10. The molecule has 0 bridgehead atoms. The smallest absolute Gasteiger partial charge is 0.272 e. The molecule has 1 atom stereocenters. The number of para-hydroxylation sites is 1. The molecule has 0 radical (unpaired) electrons. The lowest BCUT2D eigenvalue weighted by Gasteiger charge is -2.26. The number of carbonyl (C=O) groups is 1. The second kappa shape index (κ2) is 6.73. The summed E-state index contributed by atoms with van der Waals surface area (Å²) in [6.07, 6.45) is 4.23. The zero-order valence-electron chi connectivity index (χ0n) is 16.2. The van der Waals surface area contributed by atoms with E-state index < -0.39 is 0 Å². The highest BCUT2D eigenvalue weighted by Crippen LogP contribution is 2.31. The lowest BCUT2D eigenvalue weighted by atomic mass is 10.0. The molecule has 8 heteroatoms. The lowest BCUT2D eigenvalue weighted by molar-refractivity contribution is 0.0919. The number of nitrogens with zero attached hydrogens (tertiary/aromatic N) is 5. The van der Waals surface area contributed by atoms with Crippen molar-refractivity contribution in [3.8, 4) is 17.0 Å². The van der Waals surface area contributed by atoms with Crippen LogP contribution in [0.15, 0.2) is 48.8 Å². The van der Waals surface area contributed by atoms with Crippen LogP contribution in [0.2, 0.25) is 0 Å². The van der Waals surface area contributed by atoms with Gasteiger partial charge in [-0.15, -0.1) is 0 Å². The van der Waals surface area contributed by atoms with Crippen LogP contribution < -0.4 is 10.1 Å². The Morgan fingerprint density at radius 1 is 1.28 bits per heavy atom. The van der Waals surface area contributed by atoms with E-state index in [1.165, 1.54) is 0 Å². The highest BCUT2D eigenvalue weighted by Gasteiger charge is 2.24. The third-order valence-corrected chi connectivity index (χ3v) is 5.37. The van der Waals surface area contributed by atoms with Gasteiger partial charge in [0.05, 0.1) is 24.5 Å². The maximum Gasteiger partial charge on any atom is 0.272 e. The van der Waals surface area contributed by atoms with Gasteiger partial charge in [-0.2, -0.15) is 10.2 Å². The molecule has 0 fully saturated rings. The number of fused-ring (bicyclic) bond motifs is 2. The fourth-order valence-corrected chi connectivity index (χ4v) is 3.68. The van der Waals surface area contributed by atoms with E-state index in [2.05, 4.69) is 20.5 Å². The van der Waals surface area contributed by atoms with Gasteiger partial charge in [0.1, 0.15) is 5.75 Å². The van der Waals surface area contributed by atoms with E-state index in [0.29, 0.717) is 24.4 Å². The molecule has 0 spiro atoms. The maximum atomic E-state index is 12.9. The predicted octanol–water partition coefficient (Wildman–Crippen LogP) is 2.69. The van der Waals surface area contributed by atoms with Crippen LogP contribution in [-0.2, 0) is 7.05 Å². The number of nitrogens with one attached hydrogen (secondary N) is 1. The Labute approximate surface area is 167 Å². The quantitative estimate of drug-likeness (QED) is 0.583. The van der Waals surface area contributed by atoms with Crippen LogP contribution in [0.1, 0.15) is 34.2 Å². The van der Waals surface area contributed by atoms with Gasteiger partial charge in [0.15, 0.2) is 11.3 Å². The van der Waals surface area contributed by atoms with Gasteiger partial charge >= 0.3 is 0 Å². The van der Waals surface area contributed by atoms with Crippen molar-refractivity contribution in [1.29, 1.82) is 0 Å². The molecule has 4 aromatic rings. The molecule has 5 rings (SSSR count). The first kappa shape index (κ1) is 17.4. The Morgan fingerprint density at radius 3 is 2.97 bits per heavy atom. The third-order valence-electron chi connectivity index (χ3n) is 5.37. The van der Waals surface area contributed by atoms with E-state index in [9.17, 15) is 4.79 Å². The molecule has 0 aliphatic carbocycles. The normalized spacial score (nSPS) is 15.7. The van der Waals surface area contributed by atoms with Gasteiger partial charge in [-0.1, -0.05) is 18.2 Å². The first-order valence-corrected chi connectivity index (χ1v) is 9.48. The van der Waals surface area contributed by atoms with E-state index in [4.69, 9.17) is 4.74 Å². The summed E-state index contributed by atoms with van der Waals surface area (Å²) in [7, 11) is 1.89. The summed E-state index contributed by atoms with van der Waals surface area (Å²) in [4.78, 5) is 17.3. The number of hydrogen-bond acceptors (Lipinski definition) is 5. The highest BCUT2D eigenvalue weighted by atomic mass is 16.5. The molecule has 1 amide bonds. The Kier molecular flexibility index (Phi) is 4.04. The average molecular weight is 388 g/mol. The standard InChI is InChI=1S/C21H20N6O2/c1-13-15(12-23-26(13)2)18-7-9-22-20-11-17(25-27(18)20)21(28)24-16-8-10-29-19-6-4-3-5-14(16)19/h3-7,9,11-12,16H,8,10H2,1-2H3,(H,24,28). The van der Waals surface area contributed by atoms with Gasteiger partial charge in [0.2, 0.25) is 0 Å². The number of aryl methyl sites for hydroxylation is 1. The minimum absolute atomic E-state index is 0.106. The van der Waals surface area contributed by atoms with Gasteiger partial charge in [0, 0.05) is 42.6 Å². The van der Waals surface area contributed by atoms with E-state index in [1.807, 2.05) is 44.3 Å². The van der Waals surface area contributed by atoms with Crippen LogP contribution in [0.3, 0.4) is 0 Å². The lowest BCUT2D eigenvalue weighted by Crippen LogP contribution is -2.32. The van der Waals surface area contributed by atoms with Crippen molar-refractivity contribution in [3.63, 3.8) is 0 Å². The summed E-state index contributed by atoms with van der Waals surface area (Å²) >= 11 is 0. The summed E-state index contributed by atoms with van der Waals surface area (Å²) < 4.78 is 9.18. The van der Waals surface area contributed by atoms with E-state index >= 15 is 0 Å². The molecular weight excluding hydrogens is 368 g/mol. The van der Waals surface area contributed by atoms with Crippen molar-refractivity contribution in [2.24, 2.45) is 7.05 Å². The molecule has 1 aliphatic rings. The van der Waals surface area contributed by atoms with Crippen LogP contribution in [0.5, 0.6) is 5.75 Å². The summed E-state index contributed by atoms with van der Waals surface area (Å²) in [6.45, 7) is 2.56. The Morgan fingerprint density at radius 2 is 2.14 bits per heavy atom. The predicted molar refractivity (Wildman–Crippen MR) is 107 cm³/mol. The molecule has 1 N–H and O–H groups in total. The van der Waals surface area contributed by atoms with Crippen LogP contribution in [0.4, 0.5) is 0 Å². The fraction of sp³-hybridized carbons (Fsp3) is 0.238. The van der Waals surface area contributed by atoms with Crippen molar-refractivity contribution in [2.75, 3.05) is 6.61 Å². The molecule has 1 aromatic carbocycles. The summed E-state index contributed by atoms with van der Waals surface area (Å²) in [5.41, 5.74) is 4.74. The van der Waals surface area contributed by atoms with Crippen LogP contribution in [0.25, 0.3) is 16.9 Å². The number of aromatic nitrogens is 5. The molecular formula is C21H20N6O2. The Bertz CT molecular complexity index is 1230. The number of rotatable bonds is 3. The van der Waals surface area contributed by atoms with Gasteiger partial charge in [-0.05, 0) is 19.1 Å². The number of ether oxygens (including phenoxy) is 1. The molecule has 3 aromatic heterocycles. The number of hydrogen-bond donors (Lipinski definition) is 1. The minimum atomic E-state index is -0.230. The molecule has 0 saturated carbocycles. The van der Waals surface area contributed by atoms with Gasteiger partial charge in [-0.3, -0.25) is 9.48 Å². The number of amides is 1. The number of benzene rings is 1. The Balaban J connectivity index is 1.48. The van der Waals surface area contributed by atoms with E-state index in [0.717, 1.165) is 28.3 Å². The monoisotopic (exact) mass is 388 g/mol. The molecule has 0 saturated heterocycles. The summed E-state index contributed by atoms with van der Waals surface area (Å²) in [6, 6.07) is 11.3. The van der Waals surface area contributed by atoms with Gasteiger partial charge in [0.25, 0.3) is 5.91 Å². The largest absolute Gasteiger partial charge is 0.493 e. The van der Waals surface area contributed by atoms with Crippen LogP contribution >= 0.6 is 0 Å². The third kappa shape index (κ3) is 2.93. The first-order chi connectivity index (χ1) is 14.1. The highest BCUT2D eigenvalue weighted by molar-refractivity contribution is 5.93. The zero-order chi connectivity index (χ0) is 20.0. The van der Waals surface area contributed by atoms with Gasteiger partial charge in [-0.25, -0.2) is 9.50 Å². The molecule has 8 nitrogen and oxygen atoms in total. The summed E-state index contributed by atoms with van der Waals surface area (Å²) in [5.74, 6) is 0.584. The molecule has 29 heavy (non-hydrogen) atoms. The van der Waals surface area contributed by atoms with Gasteiger partial charge < -0.3 is 10.1 Å². The molecule has 1 unspecified atom stereocenters. The Hall–Kier alpha value is -3.68. The SMILES string of the molecule is Cc1c(-c2ccnc3cc(C(=O)NC4CCOc5ccccc54)nn23)cnn1C. The number of carbonyl (C=O) groups excluding carboxylic acids is 1. The summed E-state index contributed by atoms with van der Waals surface area (Å²) in [5, 5.41) is 11.9. The van der Waals surface area contributed by atoms with Crippen molar-refractivity contribution in [2.45, 2.75) is 19.4 Å².